The van der Waals surface area contributed by atoms with Gasteiger partial charge in [-0.2, -0.15) is 17.9 Å². The second-order valence-electron chi connectivity index (χ2n) is 8.21. The molecule has 1 aliphatic heterocycles. The number of nitrogens with zero attached hydrogens (tertiary/aromatic N) is 1. The van der Waals surface area contributed by atoms with Crippen LogP contribution in [0.4, 0.5) is 13.2 Å². The average molecular weight is 609 g/mol. The van der Waals surface area contributed by atoms with Crippen molar-refractivity contribution in [1.82, 2.24) is 9.62 Å². The number of ether oxygens (including phenoxy) is 1. The lowest BCUT2D eigenvalue weighted by atomic mass is 10.1. The molecule has 4 N–H and O–H groups in total. The van der Waals surface area contributed by atoms with Crippen molar-refractivity contribution >= 4 is 72.4 Å². The molecule has 16 heteroatoms. The first-order valence-corrected chi connectivity index (χ1v) is 13.7. The van der Waals surface area contributed by atoms with E-state index in [0.29, 0.717) is 15.1 Å². The molecule has 0 aliphatic carbocycles. The molecule has 202 valence electrons. The number of hydrogen-bond acceptors (Lipinski definition) is 7. The summed E-state index contributed by atoms with van der Waals surface area (Å²) < 4.78 is 71.5. The summed E-state index contributed by atoms with van der Waals surface area (Å²) in [6, 6.07) is 6.70. The predicted octanol–water partition coefficient (Wildman–Crippen LogP) is 4.04. The van der Waals surface area contributed by atoms with E-state index in [2.05, 4.69) is 9.46 Å². The van der Waals surface area contributed by atoms with Crippen molar-refractivity contribution in [3.63, 3.8) is 0 Å². The number of alkyl halides is 3. The van der Waals surface area contributed by atoms with Gasteiger partial charge in [0.2, 0.25) is 5.91 Å². The van der Waals surface area contributed by atoms with Crippen LogP contribution >= 0.6 is 34.5 Å². The zero-order valence-corrected chi connectivity index (χ0v) is 22.1. The third-order valence-electron chi connectivity index (χ3n) is 5.56. The number of nitrogens with one attached hydrogen (secondary N) is 2. The van der Waals surface area contributed by atoms with E-state index in [1.165, 1.54) is 29.2 Å². The van der Waals surface area contributed by atoms with Crippen LogP contribution < -0.4 is 15.2 Å². The molecular formula is C22H17Cl2F3N4O5S2. The van der Waals surface area contributed by atoms with Gasteiger partial charge in [-0.05, 0) is 42.8 Å². The Morgan fingerprint density at radius 3 is 2.61 bits per heavy atom. The minimum atomic E-state index is -5.26. The van der Waals surface area contributed by atoms with Gasteiger partial charge < -0.3 is 15.4 Å². The van der Waals surface area contributed by atoms with Crippen LogP contribution in [-0.4, -0.2) is 49.8 Å². The van der Waals surface area contributed by atoms with Crippen molar-refractivity contribution < 1.29 is 35.9 Å². The maximum Gasteiger partial charge on any atom is 0.491 e. The highest BCUT2D eigenvalue weighted by molar-refractivity contribution is 7.91. The highest BCUT2D eigenvalue weighted by Crippen LogP contribution is 2.36. The predicted molar refractivity (Wildman–Crippen MR) is 135 cm³/mol. The van der Waals surface area contributed by atoms with Crippen molar-refractivity contribution in [2.45, 2.75) is 29.4 Å². The normalized spacial score (nSPS) is 16.3. The van der Waals surface area contributed by atoms with Gasteiger partial charge in [-0.3, -0.25) is 10.2 Å². The number of amides is 1. The molecular weight excluding hydrogens is 592 g/mol. The first kappa shape index (κ1) is 28.1. The number of carbonyl (C=O) groups excluding carboxylic acids is 2. The molecule has 1 amide bonds. The molecule has 1 saturated heterocycles. The topological polar surface area (TPSA) is 143 Å². The van der Waals surface area contributed by atoms with Crippen molar-refractivity contribution in [1.29, 1.82) is 5.41 Å². The average Bonchev–Trinajstić information content (AvgIpc) is 3.39. The SMILES string of the molecule is N=C(N)c1ccc(OC(=O)C(F)(F)F)c(CN2CC[C@H](NS(=O)(=O)c3cc4c(Cl)cc(Cl)cc4s3)C2=O)c1. The number of halogens is 5. The van der Waals surface area contributed by atoms with Gasteiger partial charge in [0.25, 0.3) is 10.0 Å². The van der Waals surface area contributed by atoms with E-state index in [0.717, 1.165) is 17.4 Å². The molecule has 1 aliphatic rings. The molecule has 38 heavy (non-hydrogen) atoms. The summed E-state index contributed by atoms with van der Waals surface area (Å²) in [5.74, 6) is -3.98. The van der Waals surface area contributed by atoms with Gasteiger partial charge in [-0.25, -0.2) is 13.2 Å². The number of carbonyl (C=O) groups is 2. The van der Waals surface area contributed by atoms with E-state index >= 15 is 0 Å². The number of rotatable bonds is 7. The quantitative estimate of drug-likeness (QED) is 0.160. The van der Waals surface area contributed by atoms with Crippen molar-refractivity contribution in [3.05, 3.63) is 57.6 Å². The molecule has 0 saturated carbocycles. The van der Waals surface area contributed by atoms with Gasteiger partial charge in [-0.15, -0.1) is 11.3 Å². The maximum atomic E-state index is 13.0. The Labute approximate surface area is 227 Å². The molecule has 2 heterocycles. The first-order chi connectivity index (χ1) is 17.7. The highest BCUT2D eigenvalue weighted by Gasteiger charge is 2.42. The summed E-state index contributed by atoms with van der Waals surface area (Å²) in [7, 11) is -4.14. The summed E-state index contributed by atoms with van der Waals surface area (Å²) in [6.45, 7) is -0.271. The van der Waals surface area contributed by atoms with Crippen molar-refractivity contribution in [3.8, 4) is 5.75 Å². The number of hydrogen-bond donors (Lipinski definition) is 3. The summed E-state index contributed by atoms with van der Waals surface area (Å²) >= 11 is 13.0. The number of likely N-dealkylation sites (tertiary alicyclic amines) is 1. The summed E-state index contributed by atoms with van der Waals surface area (Å²) in [5, 5.41) is 8.64. The number of amidine groups is 1. The van der Waals surface area contributed by atoms with Gasteiger partial charge >= 0.3 is 12.1 Å². The molecule has 0 unspecified atom stereocenters. The minimum Gasteiger partial charge on any atom is -0.420 e. The fourth-order valence-electron chi connectivity index (χ4n) is 3.76. The van der Waals surface area contributed by atoms with Crippen LogP contribution in [0, 0.1) is 5.41 Å². The largest absolute Gasteiger partial charge is 0.491 e. The van der Waals surface area contributed by atoms with Crippen molar-refractivity contribution in [2.75, 3.05) is 6.54 Å². The number of fused-ring (bicyclic) bond motifs is 1. The Hall–Kier alpha value is -2.91. The summed E-state index contributed by atoms with van der Waals surface area (Å²) in [5.41, 5.74) is 5.55. The Bertz CT molecular complexity index is 1580. The van der Waals surface area contributed by atoms with E-state index in [4.69, 9.17) is 34.3 Å². The third-order valence-corrected chi connectivity index (χ3v) is 9.11. The number of esters is 1. The van der Waals surface area contributed by atoms with E-state index < -0.39 is 45.7 Å². The lowest BCUT2D eigenvalue weighted by molar-refractivity contribution is -0.189. The molecule has 1 fully saturated rings. The minimum absolute atomic E-state index is 0.0248. The number of nitrogens with two attached hydrogens (primary N) is 1. The standard InChI is InChI=1S/C22H17Cl2F3N4O5S2/c23-12-6-14(24)13-8-18(37-17(13)7-12)38(34,35)30-15-3-4-31(20(15)32)9-11-5-10(19(28)29)1-2-16(11)36-21(33)22(25,26)27/h1-2,5-8,15,30H,3-4,9H2,(H3,28,29)/t15-/m0/s1. The second kappa shape index (κ2) is 10.3. The van der Waals surface area contributed by atoms with Crippen LogP contribution in [0.5, 0.6) is 5.75 Å². The molecule has 1 aromatic heterocycles. The monoisotopic (exact) mass is 608 g/mol. The van der Waals surface area contributed by atoms with Gasteiger partial charge in [0, 0.05) is 39.3 Å². The maximum absolute atomic E-state index is 13.0. The van der Waals surface area contributed by atoms with Crippen LogP contribution in [-0.2, 0) is 26.2 Å². The van der Waals surface area contributed by atoms with Crippen LogP contribution in [0.2, 0.25) is 10.0 Å². The van der Waals surface area contributed by atoms with E-state index in [1.807, 2.05) is 0 Å². The molecule has 0 radical (unpaired) electrons. The lowest BCUT2D eigenvalue weighted by Gasteiger charge is -2.20. The number of thiophene rings is 1. The van der Waals surface area contributed by atoms with Gasteiger partial charge in [0.1, 0.15) is 21.8 Å². The van der Waals surface area contributed by atoms with Gasteiger partial charge in [0.05, 0.1) is 5.02 Å². The second-order valence-corrected chi connectivity index (χ2v) is 12.1. The van der Waals surface area contributed by atoms with Crippen LogP contribution in [0.25, 0.3) is 10.1 Å². The Kier molecular flexibility index (Phi) is 7.65. The number of sulfonamides is 1. The lowest BCUT2D eigenvalue weighted by Crippen LogP contribution is -2.41. The molecule has 2 aromatic carbocycles. The van der Waals surface area contributed by atoms with E-state index in [-0.39, 0.29) is 39.9 Å². The molecule has 0 spiro atoms. The fraction of sp³-hybridized carbons (Fsp3) is 0.227. The summed E-state index contributed by atoms with van der Waals surface area (Å²) in [4.78, 5) is 25.6. The Morgan fingerprint density at radius 2 is 1.95 bits per heavy atom. The molecule has 1 atom stereocenters. The van der Waals surface area contributed by atoms with Crippen LogP contribution in [0.15, 0.2) is 40.6 Å². The molecule has 9 nitrogen and oxygen atoms in total. The smallest absolute Gasteiger partial charge is 0.420 e. The molecule has 0 bridgehead atoms. The zero-order valence-electron chi connectivity index (χ0n) is 18.9. The summed E-state index contributed by atoms with van der Waals surface area (Å²) in [6.07, 6.45) is -5.19. The van der Waals surface area contributed by atoms with Gasteiger partial charge in [0.15, 0.2) is 0 Å². The number of benzene rings is 2. The number of nitrogen functional groups attached to an aromatic ring is 1. The molecule has 3 aromatic rings. The molecule has 4 rings (SSSR count). The van der Waals surface area contributed by atoms with Gasteiger partial charge in [-0.1, -0.05) is 23.2 Å². The fourth-order valence-corrected chi connectivity index (χ4v) is 7.12. The highest BCUT2D eigenvalue weighted by atomic mass is 35.5. The van der Waals surface area contributed by atoms with E-state index in [1.54, 1.807) is 6.07 Å². The van der Waals surface area contributed by atoms with Crippen LogP contribution in [0.3, 0.4) is 0 Å². The first-order valence-electron chi connectivity index (χ1n) is 10.6. The Morgan fingerprint density at radius 1 is 1.24 bits per heavy atom. The Balaban J connectivity index is 1.54. The third kappa shape index (κ3) is 5.89. The van der Waals surface area contributed by atoms with Crippen LogP contribution in [0.1, 0.15) is 17.5 Å². The zero-order chi connectivity index (χ0) is 28.0. The van der Waals surface area contributed by atoms with Crippen molar-refractivity contribution in [2.24, 2.45) is 5.73 Å². The van der Waals surface area contributed by atoms with E-state index in [9.17, 15) is 31.2 Å².